The van der Waals surface area contributed by atoms with Crippen molar-refractivity contribution in [1.29, 1.82) is 0 Å². The number of hydrogen-bond donors (Lipinski definition) is 1. The molecule has 0 saturated carbocycles. The Kier molecular flexibility index (Phi) is 5.53. The van der Waals surface area contributed by atoms with E-state index in [1.807, 2.05) is 0 Å². The lowest BCUT2D eigenvalue weighted by atomic mass is 9.87. The molecule has 0 amide bonds. The molecular weight excluding hydrogens is 268 g/mol. The summed E-state index contributed by atoms with van der Waals surface area (Å²) in [6, 6.07) is -0.00449. The monoisotopic (exact) mass is 294 g/mol. The molecule has 0 aromatic rings. The van der Waals surface area contributed by atoms with Gasteiger partial charge in [-0.1, -0.05) is 27.7 Å². The van der Waals surface area contributed by atoms with Crippen molar-refractivity contribution in [1.82, 2.24) is 4.90 Å². The third-order valence-corrected chi connectivity index (χ3v) is 6.88. The highest BCUT2D eigenvalue weighted by molar-refractivity contribution is 8.01. The molecule has 2 N–H and O–H groups in total. The van der Waals surface area contributed by atoms with Crippen LogP contribution in [0.1, 0.15) is 27.7 Å². The van der Waals surface area contributed by atoms with Crippen molar-refractivity contribution in [2.24, 2.45) is 11.1 Å². The van der Waals surface area contributed by atoms with Crippen molar-refractivity contribution in [2.75, 3.05) is 30.3 Å². The van der Waals surface area contributed by atoms with Crippen LogP contribution >= 0.6 is 11.8 Å². The number of thioether (sulfide) groups is 1. The molecule has 1 aliphatic heterocycles. The zero-order valence-corrected chi connectivity index (χ0v) is 13.5. The minimum atomic E-state index is -3.01. The molecule has 108 valence electrons. The molecule has 4 nitrogen and oxygen atoms in total. The van der Waals surface area contributed by atoms with E-state index >= 15 is 0 Å². The van der Waals surface area contributed by atoms with Crippen LogP contribution in [0.2, 0.25) is 0 Å². The molecular formula is C12H26N2O2S2. The maximum absolute atomic E-state index is 12.1. The van der Waals surface area contributed by atoms with Gasteiger partial charge in [0.15, 0.2) is 9.84 Å². The van der Waals surface area contributed by atoms with Crippen LogP contribution in [0.4, 0.5) is 0 Å². The first-order valence-corrected chi connectivity index (χ1v) is 9.34. The Bertz CT molecular complexity index is 363. The summed E-state index contributed by atoms with van der Waals surface area (Å²) >= 11 is 1.72. The van der Waals surface area contributed by atoms with Crippen LogP contribution in [0.3, 0.4) is 0 Å². The summed E-state index contributed by atoms with van der Waals surface area (Å²) < 4.78 is 24.2. The smallest absolute Gasteiger partial charge is 0.166 e. The molecule has 0 aliphatic carbocycles. The van der Waals surface area contributed by atoms with Crippen molar-refractivity contribution in [3.05, 3.63) is 0 Å². The fourth-order valence-corrected chi connectivity index (χ4v) is 4.97. The van der Waals surface area contributed by atoms with Crippen LogP contribution in [0.25, 0.3) is 0 Å². The maximum Gasteiger partial charge on any atom is 0.166 e. The molecule has 0 aromatic heterocycles. The van der Waals surface area contributed by atoms with Gasteiger partial charge in [-0.05, 0) is 5.41 Å². The second kappa shape index (κ2) is 6.11. The lowest BCUT2D eigenvalue weighted by molar-refractivity contribution is 0.196. The predicted octanol–water partition coefficient (Wildman–Crippen LogP) is 1.17. The summed E-state index contributed by atoms with van der Waals surface area (Å²) in [5.74, 6) is 1.87. The van der Waals surface area contributed by atoms with E-state index < -0.39 is 9.84 Å². The second-order valence-electron chi connectivity index (χ2n) is 5.95. The zero-order chi connectivity index (χ0) is 14.0. The van der Waals surface area contributed by atoms with Crippen LogP contribution < -0.4 is 5.73 Å². The molecule has 0 bridgehead atoms. The number of hydrogen-bond acceptors (Lipinski definition) is 5. The van der Waals surface area contributed by atoms with Crippen molar-refractivity contribution >= 4 is 21.6 Å². The van der Waals surface area contributed by atoms with Gasteiger partial charge in [0.25, 0.3) is 0 Å². The van der Waals surface area contributed by atoms with Crippen molar-refractivity contribution in [3.8, 4) is 0 Å². The van der Waals surface area contributed by atoms with Crippen molar-refractivity contribution in [2.45, 2.75) is 39.1 Å². The number of rotatable bonds is 4. The highest BCUT2D eigenvalue weighted by Gasteiger charge is 2.35. The Morgan fingerprint density at radius 1 is 1.44 bits per heavy atom. The molecule has 0 spiro atoms. The van der Waals surface area contributed by atoms with Gasteiger partial charge in [-0.3, -0.25) is 4.90 Å². The van der Waals surface area contributed by atoms with Gasteiger partial charge in [0.2, 0.25) is 0 Å². The van der Waals surface area contributed by atoms with Gasteiger partial charge in [-0.15, -0.1) is 0 Å². The quantitative estimate of drug-likeness (QED) is 0.843. The fourth-order valence-electron chi connectivity index (χ4n) is 1.87. The molecule has 1 fully saturated rings. The van der Waals surface area contributed by atoms with Gasteiger partial charge in [-0.2, -0.15) is 11.8 Å². The molecule has 0 radical (unpaired) electrons. The number of nitrogens with zero attached hydrogens (tertiary/aromatic N) is 1. The Hall–Kier alpha value is 0.220. The number of nitrogens with two attached hydrogens (primary N) is 1. The summed E-state index contributed by atoms with van der Waals surface area (Å²) in [5.41, 5.74) is 6.19. The first-order chi connectivity index (χ1) is 8.18. The minimum absolute atomic E-state index is 0.00449. The first-order valence-electron chi connectivity index (χ1n) is 6.47. The zero-order valence-electron chi connectivity index (χ0n) is 11.8. The van der Waals surface area contributed by atoms with Gasteiger partial charge in [-0.25, -0.2) is 8.42 Å². The predicted molar refractivity (Wildman–Crippen MR) is 79.6 cm³/mol. The van der Waals surface area contributed by atoms with Gasteiger partial charge in [0, 0.05) is 36.4 Å². The molecule has 0 aromatic carbocycles. The summed E-state index contributed by atoms with van der Waals surface area (Å²) in [4.78, 5) is 2.06. The van der Waals surface area contributed by atoms with E-state index in [2.05, 4.69) is 25.7 Å². The first kappa shape index (κ1) is 16.3. The standard InChI is InChI=1S/C12H26N2O2S2/c1-5-18(15,16)11-9-17-7-6-14(11)8-10(13)12(2,3)4/h10-11H,5-9,13H2,1-4H3. The Morgan fingerprint density at radius 3 is 2.56 bits per heavy atom. The lowest BCUT2D eigenvalue weighted by Crippen LogP contribution is -2.54. The van der Waals surface area contributed by atoms with Crippen LogP contribution in [0.5, 0.6) is 0 Å². The molecule has 18 heavy (non-hydrogen) atoms. The highest BCUT2D eigenvalue weighted by atomic mass is 32.2. The summed E-state index contributed by atoms with van der Waals surface area (Å²) in [7, 11) is -3.01. The average Bonchev–Trinajstić information content (AvgIpc) is 2.28. The van der Waals surface area contributed by atoms with Crippen LogP contribution in [0, 0.1) is 5.41 Å². The summed E-state index contributed by atoms with van der Waals surface area (Å²) in [5, 5.41) is -0.352. The number of sulfone groups is 1. The van der Waals surface area contributed by atoms with Crippen LogP contribution in [0.15, 0.2) is 0 Å². The molecule has 1 saturated heterocycles. The summed E-state index contributed by atoms with van der Waals surface area (Å²) in [6.07, 6.45) is 0. The maximum atomic E-state index is 12.1. The van der Waals surface area contributed by atoms with Gasteiger partial charge in [0.05, 0.1) is 0 Å². The van der Waals surface area contributed by atoms with E-state index in [1.165, 1.54) is 0 Å². The van der Waals surface area contributed by atoms with Crippen LogP contribution in [-0.4, -0.2) is 55.1 Å². The second-order valence-corrected chi connectivity index (χ2v) is 9.55. The topological polar surface area (TPSA) is 63.4 Å². The van der Waals surface area contributed by atoms with Crippen molar-refractivity contribution < 1.29 is 8.42 Å². The molecule has 2 unspecified atom stereocenters. The molecule has 2 atom stereocenters. The van der Waals surface area contributed by atoms with Gasteiger partial charge >= 0.3 is 0 Å². The Labute approximate surface area is 116 Å². The SMILES string of the molecule is CCS(=O)(=O)C1CSCCN1CC(N)C(C)(C)C. The van der Waals surface area contributed by atoms with E-state index in [1.54, 1.807) is 18.7 Å². The Balaban J connectivity index is 2.78. The van der Waals surface area contributed by atoms with E-state index in [0.29, 0.717) is 12.3 Å². The van der Waals surface area contributed by atoms with E-state index in [0.717, 1.165) is 12.3 Å². The third-order valence-electron chi connectivity index (χ3n) is 3.55. The van der Waals surface area contributed by atoms with Crippen molar-refractivity contribution in [3.63, 3.8) is 0 Å². The normalized spacial score (nSPS) is 25.1. The van der Waals surface area contributed by atoms with Gasteiger partial charge < -0.3 is 5.73 Å². The van der Waals surface area contributed by atoms with E-state index in [9.17, 15) is 8.42 Å². The van der Waals surface area contributed by atoms with Gasteiger partial charge in [0.1, 0.15) is 5.37 Å². The fraction of sp³-hybridized carbons (Fsp3) is 1.00. The van der Waals surface area contributed by atoms with E-state index in [-0.39, 0.29) is 22.6 Å². The van der Waals surface area contributed by atoms with Crippen LogP contribution in [-0.2, 0) is 9.84 Å². The molecule has 1 rings (SSSR count). The largest absolute Gasteiger partial charge is 0.326 e. The minimum Gasteiger partial charge on any atom is -0.326 e. The Morgan fingerprint density at radius 2 is 2.06 bits per heavy atom. The molecule has 1 heterocycles. The summed E-state index contributed by atoms with van der Waals surface area (Å²) in [6.45, 7) is 9.49. The average molecular weight is 294 g/mol. The molecule has 6 heteroatoms. The van der Waals surface area contributed by atoms with E-state index in [4.69, 9.17) is 5.73 Å². The highest BCUT2D eigenvalue weighted by Crippen LogP contribution is 2.24. The molecule has 1 aliphatic rings. The third kappa shape index (κ3) is 4.11. The lowest BCUT2D eigenvalue weighted by Gasteiger charge is -2.39.